The molecule has 0 aliphatic rings. The van der Waals surface area contributed by atoms with Gasteiger partial charge >= 0.3 is 0 Å². The van der Waals surface area contributed by atoms with Gasteiger partial charge in [-0.3, -0.25) is 0 Å². The van der Waals surface area contributed by atoms with Gasteiger partial charge in [0.05, 0.1) is 13.3 Å². The Bertz CT molecular complexity index is 859. The molecule has 1 heterocycles. The van der Waals surface area contributed by atoms with E-state index >= 15 is 0 Å². The maximum atomic E-state index is 6.16. The van der Waals surface area contributed by atoms with Crippen molar-refractivity contribution in [3.8, 4) is 5.75 Å². The molecule has 0 aliphatic carbocycles. The Morgan fingerprint density at radius 3 is 2.81 bits per heavy atom. The highest BCUT2D eigenvalue weighted by atomic mass is 35.5. The van der Waals surface area contributed by atoms with Crippen LogP contribution in [0.25, 0.3) is 0 Å². The van der Waals surface area contributed by atoms with Crippen LogP contribution in [0.2, 0.25) is 5.02 Å². The molecular weight excluding hydrogens is 350 g/mol. The molecule has 0 radical (unpaired) electrons. The Hall–Kier alpha value is -2.86. The van der Waals surface area contributed by atoms with Gasteiger partial charge in [0, 0.05) is 18.1 Å². The molecule has 2 aromatic carbocycles. The minimum absolute atomic E-state index is 0.483. The molecule has 0 bridgehead atoms. The van der Waals surface area contributed by atoms with E-state index in [2.05, 4.69) is 31.9 Å². The second-order valence-electron chi connectivity index (χ2n) is 5.64. The van der Waals surface area contributed by atoms with E-state index in [1.807, 2.05) is 42.5 Å². The molecule has 0 fully saturated rings. The first-order chi connectivity index (χ1) is 12.7. The summed E-state index contributed by atoms with van der Waals surface area (Å²) in [5.41, 5.74) is 2.18. The SMILES string of the molecule is COc1cccc(CCNc2nncc(NCc3ccccc3Cl)n2)c1. The standard InChI is InChI=1S/C19H20ClN5O/c1-26-16-7-4-5-14(11-16)9-10-21-19-24-18(13-23-25-19)22-12-15-6-2-3-8-17(15)20/h2-8,11,13H,9-10,12H2,1H3,(H2,21,22,24,25). The lowest BCUT2D eigenvalue weighted by Crippen LogP contribution is -2.10. The van der Waals surface area contributed by atoms with Crippen molar-refractivity contribution in [2.75, 3.05) is 24.3 Å². The third-order valence-electron chi connectivity index (χ3n) is 3.81. The van der Waals surface area contributed by atoms with Crippen LogP contribution in [0.5, 0.6) is 5.75 Å². The summed E-state index contributed by atoms with van der Waals surface area (Å²) in [4.78, 5) is 4.42. The molecule has 0 unspecified atom stereocenters. The number of nitrogens with zero attached hydrogens (tertiary/aromatic N) is 3. The Labute approximate surface area is 157 Å². The highest BCUT2D eigenvalue weighted by Crippen LogP contribution is 2.16. The van der Waals surface area contributed by atoms with Crippen molar-refractivity contribution in [2.45, 2.75) is 13.0 Å². The van der Waals surface area contributed by atoms with Gasteiger partial charge in [-0.05, 0) is 35.7 Å². The minimum atomic E-state index is 0.483. The largest absolute Gasteiger partial charge is 0.497 e. The fourth-order valence-electron chi connectivity index (χ4n) is 2.44. The van der Waals surface area contributed by atoms with Gasteiger partial charge < -0.3 is 15.4 Å². The molecule has 0 saturated carbocycles. The smallest absolute Gasteiger partial charge is 0.244 e. The van der Waals surface area contributed by atoms with Crippen molar-refractivity contribution in [3.63, 3.8) is 0 Å². The van der Waals surface area contributed by atoms with Crippen molar-refractivity contribution >= 4 is 23.4 Å². The Morgan fingerprint density at radius 2 is 1.96 bits per heavy atom. The molecule has 0 amide bonds. The van der Waals surface area contributed by atoms with Gasteiger partial charge in [0.25, 0.3) is 0 Å². The van der Waals surface area contributed by atoms with Crippen LogP contribution in [0, 0.1) is 0 Å². The fraction of sp³-hybridized carbons (Fsp3) is 0.211. The molecule has 0 spiro atoms. The van der Waals surface area contributed by atoms with E-state index in [-0.39, 0.29) is 0 Å². The normalized spacial score (nSPS) is 10.4. The lowest BCUT2D eigenvalue weighted by atomic mass is 10.1. The molecule has 0 atom stereocenters. The van der Waals surface area contributed by atoms with E-state index in [0.717, 1.165) is 22.8 Å². The molecule has 134 valence electrons. The molecule has 26 heavy (non-hydrogen) atoms. The van der Waals surface area contributed by atoms with E-state index in [9.17, 15) is 0 Å². The minimum Gasteiger partial charge on any atom is -0.497 e. The number of benzene rings is 2. The predicted molar refractivity (Wildman–Crippen MR) is 104 cm³/mol. The maximum absolute atomic E-state index is 6.16. The summed E-state index contributed by atoms with van der Waals surface area (Å²) in [6.07, 6.45) is 2.42. The molecule has 1 aromatic heterocycles. The Morgan fingerprint density at radius 1 is 1.08 bits per heavy atom. The molecule has 7 heteroatoms. The molecule has 3 rings (SSSR count). The number of hydrogen-bond acceptors (Lipinski definition) is 6. The number of halogens is 1. The van der Waals surface area contributed by atoms with Gasteiger partial charge in [0.15, 0.2) is 5.82 Å². The first kappa shape index (κ1) is 17.9. The summed E-state index contributed by atoms with van der Waals surface area (Å²) < 4.78 is 5.23. The van der Waals surface area contributed by atoms with Crippen LogP contribution in [0.4, 0.5) is 11.8 Å². The monoisotopic (exact) mass is 369 g/mol. The summed E-state index contributed by atoms with van der Waals surface area (Å²) >= 11 is 6.16. The molecular formula is C19H20ClN5O. The zero-order valence-electron chi connectivity index (χ0n) is 14.4. The third-order valence-corrected chi connectivity index (χ3v) is 4.18. The van der Waals surface area contributed by atoms with E-state index in [1.165, 1.54) is 5.56 Å². The maximum Gasteiger partial charge on any atom is 0.244 e. The van der Waals surface area contributed by atoms with Crippen LogP contribution in [-0.2, 0) is 13.0 Å². The van der Waals surface area contributed by atoms with Crippen molar-refractivity contribution in [1.29, 1.82) is 0 Å². The van der Waals surface area contributed by atoms with Crippen LogP contribution in [0.15, 0.2) is 54.7 Å². The number of nitrogens with one attached hydrogen (secondary N) is 2. The number of ether oxygens (including phenoxy) is 1. The first-order valence-electron chi connectivity index (χ1n) is 8.28. The molecule has 0 aliphatic heterocycles. The van der Waals surface area contributed by atoms with Gasteiger partial charge in [0.2, 0.25) is 5.95 Å². The van der Waals surface area contributed by atoms with Crippen molar-refractivity contribution in [3.05, 3.63) is 70.9 Å². The summed E-state index contributed by atoms with van der Waals surface area (Å²) in [5, 5.41) is 15.1. The van der Waals surface area contributed by atoms with E-state index in [4.69, 9.17) is 16.3 Å². The van der Waals surface area contributed by atoms with E-state index in [1.54, 1.807) is 13.3 Å². The highest BCUT2D eigenvalue weighted by molar-refractivity contribution is 6.31. The zero-order chi connectivity index (χ0) is 18.2. The Kier molecular flexibility index (Phi) is 6.22. The van der Waals surface area contributed by atoms with Crippen LogP contribution < -0.4 is 15.4 Å². The topological polar surface area (TPSA) is 72.0 Å². The average molecular weight is 370 g/mol. The van der Waals surface area contributed by atoms with Crippen LogP contribution in [-0.4, -0.2) is 28.8 Å². The van der Waals surface area contributed by atoms with Gasteiger partial charge in [-0.25, -0.2) is 0 Å². The summed E-state index contributed by atoms with van der Waals surface area (Å²) in [7, 11) is 1.66. The van der Waals surface area contributed by atoms with Crippen LogP contribution in [0.1, 0.15) is 11.1 Å². The van der Waals surface area contributed by atoms with E-state index < -0.39 is 0 Å². The number of methoxy groups -OCH3 is 1. The average Bonchev–Trinajstić information content (AvgIpc) is 2.68. The molecule has 2 N–H and O–H groups in total. The molecule has 3 aromatic rings. The fourth-order valence-corrected chi connectivity index (χ4v) is 2.64. The van der Waals surface area contributed by atoms with Crippen molar-refractivity contribution in [2.24, 2.45) is 0 Å². The van der Waals surface area contributed by atoms with Gasteiger partial charge in [-0.15, -0.1) is 5.10 Å². The second kappa shape index (κ2) is 9.01. The van der Waals surface area contributed by atoms with E-state index in [0.29, 0.717) is 24.9 Å². The van der Waals surface area contributed by atoms with Gasteiger partial charge in [0.1, 0.15) is 5.75 Å². The highest BCUT2D eigenvalue weighted by Gasteiger charge is 2.03. The molecule has 6 nitrogen and oxygen atoms in total. The Balaban J connectivity index is 1.53. The number of rotatable bonds is 8. The van der Waals surface area contributed by atoms with Crippen LogP contribution >= 0.6 is 11.6 Å². The first-order valence-corrected chi connectivity index (χ1v) is 8.66. The van der Waals surface area contributed by atoms with Crippen LogP contribution in [0.3, 0.4) is 0 Å². The lowest BCUT2D eigenvalue weighted by molar-refractivity contribution is 0.414. The van der Waals surface area contributed by atoms with Gasteiger partial charge in [-0.1, -0.05) is 41.9 Å². The zero-order valence-corrected chi connectivity index (χ0v) is 15.2. The predicted octanol–water partition coefficient (Wildman–Crippen LogP) is 3.80. The summed E-state index contributed by atoms with van der Waals surface area (Å²) in [6.45, 7) is 1.27. The number of aromatic nitrogens is 3. The number of anilines is 2. The summed E-state index contributed by atoms with van der Waals surface area (Å²) in [6, 6.07) is 15.7. The van der Waals surface area contributed by atoms with Crippen molar-refractivity contribution < 1.29 is 4.74 Å². The number of hydrogen-bond donors (Lipinski definition) is 2. The summed E-state index contributed by atoms with van der Waals surface area (Å²) in [5.74, 6) is 1.98. The molecule has 0 saturated heterocycles. The second-order valence-corrected chi connectivity index (χ2v) is 6.05. The quantitative estimate of drug-likeness (QED) is 0.629. The van der Waals surface area contributed by atoms with Gasteiger partial charge in [-0.2, -0.15) is 10.1 Å². The third kappa shape index (κ3) is 5.07. The van der Waals surface area contributed by atoms with Crippen molar-refractivity contribution in [1.82, 2.24) is 15.2 Å². The lowest BCUT2D eigenvalue weighted by Gasteiger charge is -2.09.